The summed E-state index contributed by atoms with van der Waals surface area (Å²) >= 11 is 5.97. The van der Waals surface area contributed by atoms with Crippen LogP contribution in [0.3, 0.4) is 0 Å². The Labute approximate surface area is 139 Å². The molecule has 0 aromatic heterocycles. The maximum Gasteiger partial charge on any atom is 0.299 e. The SMILES string of the molecule is Cc1cc(OCCCN2C(=O)C(=O)c3ccccc32)ccc1Cl. The van der Waals surface area contributed by atoms with Crippen molar-refractivity contribution in [3.63, 3.8) is 0 Å². The van der Waals surface area contributed by atoms with Gasteiger partial charge in [0.15, 0.2) is 0 Å². The first-order valence-corrected chi connectivity index (χ1v) is 7.80. The van der Waals surface area contributed by atoms with E-state index in [1.807, 2.05) is 25.1 Å². The summed E-state index contributed by atoms with van der Waals surface area (Å²) in [5, 5.41) is 0.704. The number of hydrogen-bond donors (Lipinski definition) is 0. The molecular formula is C18H16ClNO3. The van der Waals surface area contributed by atoms with Gasteiger partial charge in [0.05, 0.1) is 17.9 Å². The summed E-state index contributed by atoms with van der Waals surface area (Å²) < 4.78 is 5.67. The van der Waals surface area contributed by atoms with Crippen LogP contribution in [-0.4, -0.2) is 24.8 Å². The number of para-hydroxylation sites is 1. The maximum absolute atomic E-state index is 12.0. The van der Waals surface area contributed by atoms with Crippen LogP contribution < -0.4 is 9.64 Å². The molecule has 1 heterocycles. The predicted molar refractivity (Wildman–Crippen MR) is 89.4 cm³/mol. The number of ether oxygens (including phenoxy) is 1. The monoisotopic (exact) mass is 329 g/mol. The number of nitrogens with zero attached hydrogens (tertiary/aromatic N) is 1. The Morgan fingerprint density at radius 3 is 2.70 bits per heavy atom. The van der Waals surface area contributed by atoms with Gasteiger partial charge in [0, 0.05) is 11.6 Å². The third-order valence-corrected chi connectivity index (χ3v) is 4.23. The molecule has 0 atom stereocenters. The molecule has 2 aromatic rings. The van der Waals surface area contributed by atoms with Gasteiger partial charge in [-0.1, -0.05) is 23.7 Å². The van der Waals surface area contributed by atoms with E-state index in [4.69, 9.17) is 16.3 Å². The standard InChI is InChI=1S/C18H16ClNO3/c1-12-11-13(7-8-15(12)19)23-10-4-9-20-16-6-3-2-5-14(16)17(21)18(20)22/h2-3,5-8,11H,4,9-10H2,1H3. The number of fused-ring (bicyclic) bond motifs is 1. The van der Waals surface area contributed by atoms with Crippen LogP contribution >= 0.6 is 11.6 Å². The van der Waals surface area contributed by atoms with Crippen LogP contribution in [0.15, 0.2) is 42.5 Å². The third kappa shape index (κ3) is 3.08. The van der Waals surface area contributed by atoms with E-state index in [1.165, 1.54) is 4.90 Å². The van der Waals surface area contributed by atoms with Crippen molar-refractivity contribution in [3.8, 4) is 5.75 Å². The fourth-order valence-corrected chi connectivity index (χ4v) is 2.71. The highest BCUT2D eigenvalue weighted by Crippen LogP contribution is 2.28. The topological polar surface area (TPSA) is 46.6 Å². The molecule has 3 rings (SSSR count). The number of aryl methyl sites for hydroxylation is 1. The first kappa shape index (κ1) is 15.6. The summed E-state index contributed by atoms with van der Waals surface area (Å²) in [7, 11) is 0. The van der Waals surface area contributed by atoms with E-state index < -0.39 is 11.7 Å². The van der Waals surface area contributed by atoms with Crippen molar-refractivity contribution in [2.24, 2.45) is 0 Å². The van der Waals surface area contributed by atoms with E-state index in [0.29, 0.717) is 35.8 Å². The number of ketones is 1. The van der Waals surface area contributed by atoms with E-state index in [2.05, 4.69) is 0 Å². The second kappa shape index (κ2) is 6.42. The van der Waals surface area contributed by atoms with Crippen molar-refractivity contribution in [2.75, 3.05) is 18.1 Å². The second-order valence-electron chi connectivity index (χ2n) is 5.42. The molecule has 0 saturated carbocycles. The normalized spacial score (nSPS) is 13.4. The molecule has 0 N–H and O–H groups in total. The molecule has 118 valence electrons. The zero-order valence-corrected chi connectivity index (χ0v) is 13.5. The molecule has 1 amide bonds. The second-order valence-corrected chi connectivity index (χ2v) is 5.82. The van der Waals surface area contributed by atoms with E-state index in [1.54, 1.807) is 24.3 Å². The Kier molecular flexibility index (Phi) is 4.35. The van der Waals surface area contributed by atoms with Gasteiger partial charge in [-0.3, -0.25) is 9.59 Å². The number of hydrogen-bond acceptors (Lipinski definition) is 3. The largest absolute Gasteiger partial charge is 0.494 e. The quantitative estimate of drug-likeness (QED) is 0.621. The van der Waals surface area contributed by atoms with Crippen molar-refractivity contribution in [1.29, 1.82) is 0 Å². The van der Waals surface area contributed by atoms with Gasteiger partial charge in [-0.2, -0.15) is 0 Å². The Morgan fingerprint density at radius 2 is 1.91 bits per heavy atom. The van der Waals surface area contributed by atoms with Crippen LogP contribution in [0.4, 0.5) is 5.69 Å². The molecule has 0 unspecified atom stereocenters. The Balaban J connectivity index is 1.58. The number of anilines is 1. The van der Waals surface area contributed by atoms with Gasteiger partial charge in [0.25, 0.3) is 11.7 Å². The minimum Gasteiger partial charge on any atom is -0.494 e. The summed E-state index contributed by atoms with van der Waals surface area (Å²) in [5.74, 6) is -0.153. The van der Waals surface area contributed by atoms with Crippen molar-refractivity contribution >= 4 is 29.0 Å². The Morgan fingerprint density at radius 1 is 1.13 bits per heavy atom. The average Bonchev–Trinajstić information content (AvgIpc) is 2.80. The van der Waals surface area contributed by atoms with Crippen LogP contribution in [0, 0.1) is 6.92 Å². The minimum atomic E-state index is -0.464. The molecule has 0 saturated heterocycles. The van der Waals surface area contributed by atoms with Crippen LogP contribution in [-0.2, 0) is 4.79 Å². The van der Waals surface area contributed by atoms with Crippen LogP contribution in [0.25, 0.3) is 0 Å². The summed E-state index contributed by atoms with van der Waals surface area (Å²) in [6.07, 6.45) is 0.634. The molecule has 2 aromatic carbocycles. The first-order chi connectivity index (χ1) is 11.1. The number of halogens is 1. The molecule has 5 heteroatoms. The number of amides is 1. The van der Waals surface area contributed by atoms with Crippen LogP contribution in [0.1, 0.15) is 22.3 Å². The van der Waals surface area contributed by atoms with Crippen molar-refractivity contribution in [1.82, 2.24) is 0 Å². The average molecular weight is 330 g/mol. The highest BCUT2D eigenvalue weighted by molar-refractivity contribution is 6.52. The number of benzene rings is 2. The van der Waals surface area contributed by atoms with Crippen LogP contribution in [0.2, 0.25) is 5.02 Å². The van der Waals surface area contributed by atoms with Crippen molar-refractivity contribution in [3.05, 3.63) is 58.6 Å². The van der Waals surface area contributed by atoms with E-state index >= 15 is 0 Å². The van der Waals surface area contributed by atoms with Gasteiger partial charge in [0.1, 0.15) is 5.75 Å². The molecule has 0 spiro atoms. The molecular weight excluding hydrogens is 314 g/mol. The lowest BCUT2D eigenvalue weighted by atomic mass is 10.1. The van der Waals surface area contributed by atoms with Gasteiger partial charge in [0.2, 0.25) is 0 Å². The third-order valence-electron chi connectivity index (χ3n) is 3.80. The Hall–Kier alpha value is -2.33. The number of carbonyl (C=O) groups is 2. The highest BCUT2D eigenvalue weighted by atomic mass is 35.5. The molecule has 1 aliphatic heterocycles. The van der Waals surface area contributed by atoms with Gasteiger partial charge in [-0.05, 0) is 49.2 Å². The van der Waals surface area contributed by atoms with E-state index in [0.717, 1.165) is 11.3 Å². The fourth-order valence-electron chi connectivity index (χ4n) is 2.59. The lowest BCUT2D eigenvalue weighted by molar-refractivity contribution is -0.114. The lowest BCUT2D eigenvalue weighted by Crippen LogP contribution is -2.31. The smallest absolute Gasteiger partial charge is 0.299 e. The maximum atomic E-state index is 12.0. The molecule has 1 aliphatic rings. The summed E-state index contributed by atoms with van der Waals surface area (Å²) in [6.45, 7) is 2.83. The van der Waals surface area contributed by atoms with E-state index in [-0.39, 0.29) is 0 Å². The van der Waals surface area contributed by atoms with Gasteiger partial charge >= 0.3 is 0 Å². The van der Waals surface area contributed by atoms with Crippen molar-refractivity contribution in [2.45, 2.75) is 13.3 Å². The predicted octanol–water partition coefficient (Wildman–Crippen LogP) is 3.65. The molecule has 0 aliphatic carbocycles. The van der Waals surface area contributed by atoms with Gasteiger partial charge in [-0.25, -0.2) is 0 Å². The molecule has 0 radical (unpaired) electrons. The molecule has 4 nitrogen and oxygen atoms in total. The van der Waals surface area contributed by atoms with Gasteiger partial charge in [-0.15, -0.1) is 0 Å². The zero-order chi connectivity index (χ0) is 16.4. The fraction of sp³-hybridized carbons (Fsp3) is 0.222. The highest BCUT2D eigenvalue weighted by Gasteiger charge is 2.34. The molecule has 0 bridgehead atoms. The van der Waals surface area contributed by atoms with E-state index in [9.17, 15) is 9.59 Å². The summed E-state index contributed by atoms with van der Waals surface area (Å²) in [5.41, 5.74) is 2.12. The molecule has 23 heavy (non-hydrogen) atoms. The number of Topliss-reactive ketones (excluding diaryl/α,β-unsaturated/α-hetero) is 1. The van der Waals surface area contributed by atoms with Crippen molar-refractivity contribution < 1.29 is 14.3 Å². The van der Waals surface area contributed by atoms with Gasteiger partial charge < -0.3 is 9.64 Å². The number of carbonyl (C=O) groups excluding carboxylic acids is 2. The summed E-state index contributed by atoms with van der Waals surface area (Å²) in [6, 6.07) is 12.6. The van der Waals surface area contributed by atoms with Crippen LogP contribution in [0.5, 0.6) is 5.75 Å². The Bertz CT molecular complexity index is 773. The summed E-state index contributed by atoms with van der Waals surface area (Å²) in [4.78, 5) is 25.4. The molecule has 0 fully saturated rings. The zero-order valence-electron chi connectivity index (χ0n) is 12.7. The number of rotatable bonds is 5. The first-order valence-electron chi connectivity index (χ1n) is 7.42. The minimum absolute atomic E-state index is 0.435. The lowest BCUT2D eigenvalue weighted by Gasteiger charge is -2.16.